The minimum atomic E-state index is -0.138. The minimum Gasteiger partial charge on any atom is -0.369 e. The summed E-state index contributed by atoms with van der Waals surface area (Å²) in [6, 6.07) is 7.80. The van der Waals surface area contributed by atoms with Crippen molar-refractivity contribution < 1.29 is 9.53 Å². The van der Waals surface area contributed by atoms with Crippen molar-refractivity contribution in [2.24, 2.45) is 5.73 Å². The molecule has 1 aromatic rings. The number of hydrogen-bond donors (Lipinski definition) is 1. The minimum absolute atomic E-state index is 0.116. The first-order valence-electron chi connectivity index (χ1n) is 8.49. The van der Waals surface area contributed by atoms with Gasteiger partial charge in [0.2, 0.25) is 5.91 Å². The van der Waals surface area contributed by atoms with E-state index in [-0.39, 0.29) is 18.1 Å². The van der Waals surface area contributed by atoms with Gasteiger partial charge in [0, 0.05) is 17.0 Å². The normalized spacial score (nSPS) is 21.4. The summed E-state index contributed by atoms with van der Waals surface area (Å²) in [6.45, 7) is 3.89. The van der Waals surface area contributed by atoms with Gasteiger partial charge in [-0.25, -0.2) is 0 Å². The maximum Gasteiger partial charge on any atom is 0.222 e. The van der Waals surface area contributed by atoms with Crippen LogP contribution in [0.2, 0.25) is 5.02 Å². The zero-order chi connectivity index (χ0) is 16.7. The molecule has 1 fully saturated rings. The van der Waals surface area contributed by atoms with Crippen LogP contribution in [0.1, 0.15) is 50.7 Å². The Hall–Kier alpha value is -1.10. The highest BCUT2D eigenvalue weighted by atomic mass is 35.5. The first-order valence-corrected chi connectivity index (χ1v) is 8.87. The number of carbonyl (C=O) groups excluding carboxylic acids is 1. The third-order valence-corrected chi connectivity index (χ3v) is 4.69. The van der Waals surface area contributed by atoms with E-state index in [0.29, 0.717) is 24.6 Å². The van der Waals surface area contributed by atoms with E-state index in [1.807, 2.05) is 36.1 Å². The molecule has 2 atom stereocenters. The van der Waals surface area contributed by atoms with Gasteiger partial charge in [-0.05, 0) is 32.4 Å². The number of hydrogen-bond acceptors (Lipinski definition) is 3. The fourth-order valence-electron chi connectivity index (χ4n) is 2.95. The van der Waals surface area contributed by atoms with Gasteiger partial charge in [0.1, 0.15) is 6.10 Å². The molecule has 0 bridgehead atoms. The summed E-state index contributed by atoms with van der Waals surface area (Å²) in [5.74, 6) is 0.214. The number of nitrogens with zero attached hydrogens (tertiary/aromatic N) is 1. The number of amides is 1. The molecule has 0 spiro atoms. The lowest BCUT2D eigenvalue weighted by Gasteiger charge is -2.38. The summed E-state index contributed by atoms with van der Waals surface area (Å²) in [7, 11) is 0. The molecule has 2 unspecified atom stereocenters. The molecule has 1 aromatic carbocycles. The second-order valence-corrected chi connectivity index (χ2v) is 6.60. The van der Waals surface area contributed by atoms with Crippen molar-refractivity contribution in [3.05, 3.63) is 34.9 Å². The molecular formula is C18H27ClN2O2. The maximum absolute atomic E-state index is 12.5. The van der Waals surface area contributed by atoms with E-state index >= 15 is 0 Å². The van der Waals surface area contributed by atoms with Gasteiger partial charge >= 0.3 is 0 Å². The van der Waals surface area contributed by atoms with Crippen molar-refractivity contribution in [3.63, 3.8) is 0 Å². The van der Waals surface area contributed by atoms with E-state index in [1.54, 1.807) is 0 Å². The van der Waals surface area contributed by atoms with E-state index in [9.17, 15) is 4.79 Å². The topological polar surface area (TPSA) is 55.6 Å². The predicted molar refractivity (Wildman–Crippen MR) is 93.5 cm³/mol. The Bertz CT molecular complexity index is 510. The van der Waals surface area contributed by atoms with Crippen molar-refractivity contribution in [2.45, 2.75) is 51.2 Å². The van der Waals surface area contributed by atoms with Crippen LogP contribution in [0.25, 0.3) is 0 Å². The number of benzene rings is 1. The lowest BCUT2D eigenvalue weighted by Crippen LogP contribution is -2.48. The van der Waals surface area contributed by atoms with Crippen molar-refractivity contribution >= 4 is 17.5 Å². The van der Waals surface area contributed by atoms with E-state index in [0.717, 1.165) is 37.8 Å². The molecule has 23 heavy (non-hydrogen) atoms. The fourth-order valence-corrected chi connectivity index (χ4v) is 3.20. The summed E-state index contributed by atoms with van der Waals surface area (Å²) in [4.78, 5) is 14.5. The summed E-state index contributed by atoms with van der Waals surface area (Å²) in [5.41, 5.74) is 6.45. The highest BCUT2D eigenvalue weighted by Gasteiger charge is 2.30. The summed E-state index contributed by atoms with van der Waals surface area (Å²) >= 11 is 6.26. The molecule has 2 N–H and O–H groups in total. The molecule has 4 nitrogen and oxygen atoms in total. The molecule has 1 saturated heterocycles. The van der Waals surface area contributed by atoms with E-state index in [1.165, 1.54) is 0 Å². The lowest BCUT2D eigenvalue weighted by atomic mass is 10.0. The van der Waals surface area contributed by atoms with Crippen LogP contribution in [0.3, 0.4) is 0 Å². The van der Waals surface area contributed by atoms with Gasteiger partial charge in [-0.1, -0.05) is 42.6 Å². The van der Waals surface area contributed by atoms with Crippen LogP contribution in [0.15, 0.2) is 24.3 Å². The van der Waals surface area contributed by atoms with Crippen molar-refractivity contribution in [1.29, 1.82) is 0 Å². The molecule has 0 aliphatic carbocycles. The standard InChI is InChI=1S/C18H27ClN2O2/c1-14-13-23-17(15-8-5-6-9-16(15)19)12-21(14)18(22)10-4-2-3-7-11-20/h5-6,8-9,14,17H,2-4,7,10-13,20H2,1H3. The molecule has 128 valence electrons. The zero-order valence-electron chi connectivity index (χ0n) is 13.8. The monoisotopic (exact) mass is 338 g/mol. The van der Waals surface area contributed by atoms with Crippen LogP contribution in [-0.2, 0) is 9.53 Å². The third kappa shape index (κ3) is 5.20. The van der Waals surface area contributed by atoms with Crippen LogP contribution in [0, 0.1) is 0 Å². The molecule has 0 aromatic heterocycles. The second kappa shape index (κ2) is 9.26. The highest BCUT2D eigenvalue weighted by molar-refractivity contribution is 6.31. The number of morpholine rings is 1. The van der Waals surface area contributed by atoms with Crippen molar-refractivity contribution in [1.82, 2.24) is 4.90 Å². The number of nitrogens with two attached hydrogens (primary N) is 1. The number of unbranched alkanes of at least 4 members (excludes halogenated alkanes) is 3. The smallest absolute Gasteiger partial charge is 0.222 e. The van der Waals surface area contributed by atoms with Gasteiger partial charge in [-0.2, -0.15) is 0 Å². The lowest BCUT2D eigenvalue weighted by molar-refractivity contribution is -0.144. The van der Waals surface area contributed by atoms with Crippen LogP contribution >= 0.6 is 11.6 Å². The zero-order valence-corrected chi connectivity index (χ0v) is 14.6. The summed E-state index contributed by atoms with van der Waals surface area (Å²) < 4.78 is 5.90. The molecule has 1 aliphatic heterocycles. The largest absolute Gasteiger partial charge is 0.369 e. The molecular weight excluding hydrogens is 312 g/mol. The van der Waals surface area contributed by atoms with Crippen LogP contribution in [0.5, 0.6) is 0 Å². The quantitative estimate of drug-likeness (QED) is 0.774. The third-order valence-electron chi connectivity index (χ3n) is 4.35. The van der Waals surface area contributed by atoms with Gasteiger partial charge in [0.15, 0.2) is 0 Å². The number of ether oxygens (including phenoxy) is 1. The second-order valence-electron chi connectivity index (χ2n) is 6.19. The average molecular weight is 339 g/mol. The van der Waals surface area contributed by atoms with Gasteiger partial charge in [-0.3, -0.25) is 4.79 Å². The Labute approximate surface area is 143 Å². The molecule has 0 radical (unpaired) electrons. The van der Waals surface area contributed by atoms with Gasteiger partial charge in [0.05, 0.1) is 19.2 Å². The molecule has 2 rings (SSSR count). The summed E-state index contributed by atoms with van der Waals surface area (Å²) in [5, 5.41) is 0.696. The van der Waals surface area contributed by atoms with Crippen molar-refractivity contribution in [3.8, 4) is 0 Å². The highest BCUT2D eigenvalue weighted by Crippen LogP contribution is 2.30. The van der Waals surface area contributed by atoms with E-state index in [2.05, 4.69) is 0 Å². The van der Waals surface area contributed by atoms with Crippen molar-refractivity contribution in [2.75, 3.05) is 19.7 Å². The molecule has 0 saturated carbocycles. The Morgan fingerprint density at radius 2 is 2.04 bits per heavy atom. The Balaban J connectivity index is 1.90. The van der Waals surface area contributed by atoms with Crippen LogP contribution in [0.4, 0.5) is 0 Å². The van der Waals surface area contributed by atoms with E-state index in [4.69, 9.17) is 22.1 Å². The van der Waals surface area contributed by atoms with Crippen LogP contribution in [-0.4, -0.2) is 36.5 Å². The van der Waals surface area contributed by atoms with Crippen LogP contribution < -0.4 is 5.73 Å². The fraction of sp³-hybridized carbons (Fsp3) is 0.611. The number of halogens is 1. The van der Waals surface area contributed by atoms with Gasteiger partial charge < -0.3 is 15.4 Å². The van der Waals surface area contributed by atoms with Gasteiger partial charge in [0.25, 0.3) is 0 Å². The Kier molecular flexibility index (Phi) is 7.34. The SMILES string of the molecule is CC1COC(c2ccccc2Cl)CN1C(=O)CCCCCCN. The summed E-state index contributed by atoms with van der Waals surface area (Å²) in [6.07, 6.45) is 4.60. The molecule has 1 amide bonds. The Morgan fingerprint density at radius 3 is 2.78 bits per heavy atom. The van der Waals surface area contributed by atoms with E-state index < -0.39 is 0 Å². The first kappa shape index (κ1) is 18.2. The first-order chi connectivity index (χ1) is 11.1. The number of carbonyl (C=O) groups is 1. The number of rotatable bonds is 7. The predicted octanol–water partition coefficient (Wildman–Crippen LogP) is 3.54. The molecule has 1 heterocycles. The molecule has 5 heteroatoms. The molecule has 1 aliphatic rings. The maximum atomic E-state index is 12.5. The Morgan fingerprint density at radius 1 is 1.30 bits per heavy atom. The van der Waals surface area contributed by atoms with Gasteiger partial charge in [-0.15, -0.1) is 0 Å². The average Bonchev–Trinajstić information content (AvgIpc) is 2.55.